The van der Waals surface area contributed by atoms with Crippen LogP contribution in [0.2, 0.25) is 0 Å². The van der Waals surface area contributed by atoms with Crippen molar-refractivity contribution in [2.75, 3.05) is 19.7 Å². The fourth-order valence-electron chi connectivity index (χ4n) is 3.22. The number of piperidine rings is 1. The van der Waals surface area contributed by atoms with E-state index in [0.29, 0.717) is 43.7 Å². The van der Waals surface area contributed by atoms with Crippen molar-refractivity contribution >= 4 is 12.0 Å². The third-order valence-corrected chi connectivity index (χ3v) is 4.35. The second-order valence-electron chi connectivity index (χ2n) is 5.59. The Kier molecular flexibility index (Phi) is 4.02. The van der Waals surface area contributed by atoms with Crippen LogP contribution in [0.1, 0.15) is 41.9 Å². The van der Waals surface area contributed by atoms with Crippen LogP contribution < -0.4 is 0 Å². The van der Waals surface area contributed by atoms with Crippen molar-refractivity contribution in [3.8, 4) is 0 Å². The minimum Gasteiger partial charge on any atom is -0.450 e. The number of carbonyl (C=O) groups excluding carboxylic acids is 2. The minimum absolute atomic E-state index is 0.0550. The predicted molar refractivity (Wildman–Crippen MR) is 79.2 cm³/mol. The minimum atomic E-state index is -0.886. The number of ether oxygens (including phenoxy) is 1. The van der Waals surface area contributed by atoms with E-state index in [9.17, 15) is 14.7 Å². The van der Waals surface area contributed by atoms with Gasteiger partial charge in [-0.3, -0.25) is 4.79 Å². The first kappa shape index (κ1) is 14.8. The van der Waals surface area contributed by atoms with E-state index >= 15 is 0 Å². The molecule has 1 atom stereocenters. The zero-order valence-electron chi connectivity index (χ0n) is 12.6. The molecule has 0 radical (unpaired) electrons. The third kappa shape index (κ3) is 2.43. The number of rotatable bonds is 2. The van der Waals surface area contributed by atoms with Crippen LogP contribution in [0.4, 0.5) is 4.79 Å². The van der Waals surface area contributed by atoms with Crippen molar-refractivity contribution in [1.82, 2.24) is 9.80 Å². The van der Waals surface area contributed by atoms with Gasteiger partial charge in [-0.15, -0.1) is 0 Å². The van der Waals surface area contributed by atoms with E-state index in [0.717, 1.165) is 0 Å². The van der Waals surface area contributed by atoms with Crippen LogP contribution >= 0.6 is 0 Å². The van der Waals surface area contributed by atoms with E-state index in [-0.39, 0.29) is 18.0 Å². The van der Waals surface area contributed by atoms with Crippen molar-refractivity contribution in [2.24, 2.45) is 0 Å². The van der Waals surface area contributed by atoms with Gasteiger partial charge in [0, 0.05) is 30.3 Å². The summed E-state index contributed by atoms with van der Waals surface area (Å²) >= 11 is 0. The van der Waals surface area contributed by atoms with Crippen LogP contribution in [0, 0.1) is 0 Å². The SMILES string of the molecule is CCOC(=O)N1CCC(N2C(=O)c3ccccc3C2O)CC1. The zero-order valence-corrected chi connectivity index (χ0v) is 12.6. The summed E-state index contributed by atoms with van der Waals surface area (Å²) in [4.78, 5) is 27.4. The Balaban J connectivity index is 1.68. The molecule has 6 nitrogen and oxygen atoms in total. The summed E-state index contributed by atoms with van der Waals surface area (Å²) in [5, 5.41) is 10.4. The number of amides is 2. The van der Waals surface area contributed by atoms with Gasteiger partial charge in [0.2, 0.25) is 0 Å². The average Bonchev–Trinajstić information content (AvgIpc) is 2.80. The number of fused-ring (bicyclic) bond motifs is 1. The molecule has 2 aliphatic rings. The van der Waals surface area contributed by atoms with Crippen molar-refractivity contribution in [1.29, 1.82) is 0 Å². The molecule has 2 amide bonds. The van der Waals surface area contributed by atoms with Gasteiger partial charge in [0.1, 0.15) is 0 Å². The molecule has 1 N–H and O–H groups in total. The van der Waals surface area contributed by atoms with E-state index in [1.54, 1.807) is 34.9 Å². The first-order chi connectivity index (χ1) is 10.6. The van der Waals surface area contributed by atoms with Crippen molar-refractivity contribution in [3.05, 3.63) is 35.4 Å². The van der Waals surface area contributed by atoms with Crippen LogP contribution in [0.5, 0.6) is 0 Å². The monoisotopic (exact) mass is 304 g/mol. The second-order valence-corrected chi connectivity index (χ2v) is 5.59. The standard InChI is InChI=1S/C16H20N2O4/c1-2-22-16(21)17-9-7-11(8-10-17)18-14(19)12-5-3-4-6-13(12)15(18)20/h3-6,11,14,19H,2,7-10H2,1H3. The van der Waals surface area contributed by atoms with Gasteiger partial charge in [0.15, 0.2) is 6.23 Å². The number of carbonyl (C=O) groups is 2. The fraction of sp³-hybridized carbons (Fsp3) is 0.500. The van der Waals surface area contributed by atoms with E-state index in [1.807, 2.05) is 6.07 Å². The number of hydrogen-bond acceptors (Lipinski definition) is 4. The van der Waals surface area contributed by atoms with Gasteiger partial charge < -0.3 is 19.6 Å². The third-order valence-electron chi connectivity index (χ3n) is 4.35. The number of benzene rings is 1. The van der Waals surface area contributed by atoms with E-state index < -0.39 is 6.23 Å². The molecule has 3 rings (SSSR count). The van der Waals surface area contributed by atoms with Crippen molar-refractivity contribution in [2.45, 2.75) is 32.0 Å². The number of likely N-dealkylation sites (tertiary alicyclic amines) is 1. The lowest BCUT2D eigenvalue weighted by molar-refractivity contribution is -0.0166. The molecule has 1 fully saturated rings. The van der Waals surface area contributed by atoms with Gasteiger partial charge in [0.05, 0.1) is 6.61 Å². The van der Waals surface area contributed by atoms with Gasteiger partial charge in [-0.1, -0.05) is 18.2 Å². The molecule has 2 aliphatic heterocycles. The van der Waals surface area contributed by atoms with Crippen LogP contribution in [0.3, 0.4) is 0 Å². The Morgan fingerprint density at radius 1 is 1.32 bits per heavy atom. The lowest BCUT2D eigenvalue weighted by Crippen LogP contribution is -2.48. The smallest absolute Gasteiger partial charge is 0.409 e. The second kappa shape index (κ2) is 5.96. The van der Waals surface area contributed by atoms with Crippen molar-refractivity contribution in [3.63, 3.8) is 0 Å². The summed E-state index contributed by atoms with van der Waals surface area (Å²) in [6, 6.07) is 7.10. The summed E-state index contributed by atoms with van der Waals surface area (Å²) in [7, 11) is 0. The molecule has 118 valence electrons. The Morgan fingerprint density at radius 2 is 2.00 bits per heavy atom. The topological polar surface area (TPSA) is 70.1 Å². The van der Waals surface area contributed by atoms with E-state index in [1.165, 1.54) is 0 Å². The molecular weight excluding hydrogens is 284 g/mol. The molecule has 6 heteroatoms. The molecule has 0 aromatic heterocycles. The molecule has 1 aromatic rings. The maximum Gasteiger partial charge on any atom is 0.409 e. The molecule has 1 aromatic carbocycles. The number of aliphatic hydroxyl groups is 1. The molecule has 0 aliphatic carbocycles. The largest absolute Gasteiger partial charge is 0.450 e. The molecule has 2 heterocycles. The number of aliphatic hydroxyl groups excluding tert-OH is 1. The summed E-state index contributed by atoms with van der Waals surface area (Å²) in [6.45, 7) is 3.21. The van der Waals surface area contributed by atoms with Crippen LogP contribution in [-0.4, -0.2) is 52.6 Å². The lowest BCUT2D eigenvalue weighted by atomic mass is 10.0. The Labute approximate surface area is 129 Å². The van der Waals surface area contributed by atoms with Gasteiger partial charge in [-0.2, -0.15) is 0 Å². The Bertz CT molecular complexity index is 581. The van der Waals surface area contributed by atoms with Gasteiger partial charge >= 0.3 is 6.09 Å². The maximum absolute atomic E-state index is 12.5. The van der Waals surface area contributed by atoms with Crippen LogP contribution in [0.25, 0.3) is 0 Å². The summed E-state index contributed by atoms with van der Waals surface area (Å²) in [5.41, 5.74) is 1.24. The number of nitrogens with zero attached hydrogens (tertiary/aromatic N) is 2. The van der Waals surface area contributed by atoms with E-state index in [2.05, 4.69) is 0 Å². The first-order valence-corrected chi connectivity index (χ1v) is 7.64. The summed E-state index contributed by atoms with van der Waals surface area (Å²) in [5.74, 6) is -0.127. The Morgan fingerprint density at radius 3 is 2.64 bits per heavy atom. The highest BCUT2D eigenvalue weighted by Gasteiger charge is 2.40. The molecule has 1 unspecified atom stereocenters. The van der Waals surface area contributed by atoms with Crippen molar-refractivity contribution < 1.29 is 19.4 Å². The maximum atomic E-state index is 12.5. The van der Waals surface area contributed by atoms with Crippen LogP contribution in [0.15, 0.2) is 24.3 Å². The molecular formula is C16H20N2O4. The van der Waals surface area contributed by atoms with Crippen LogP contribution in [-0.2, 0) is 4.74 Å². The molecule has 0 saturated carbocycles. The highest BCUT2D eigenvalue weighted by molar-refractivity contribution is 5.99. The van der Waals surface area contributed by atoms with Gasteiger partial charge in [-0.05, 0) is 25.8 Å². The molecule has 22 heavy (non-hydrogen) atoms. The van der Waals surface area contributed by atoms with E-state index in [4.69, 9.17) is 4.74 Å². The highest BCUT2D eigenvalue weighted by Crippen LogP contribution is 2.35. The summed E-state index contributed by atoms with van der Waals surface area (Å²) in [6.07, 6.45) is 0.103. The predicted octanol–water partition coefficient (Wildman–Crippen LogP) is 1.75. The fourth-order valence-corrected chi connectivity index (χ4v) is 3.22. The normalized spacial score (nSPS) is 21.9. The van der Waals surface area contributed by atoms with Gasteiger partial charge in [0.25, 0.3) is 5.91 Å². The molecule has 0 bridgehead atoms. The lowest BCUT2D eigenvalue weighted by Gasteiger charge is -2.37. The highest BCUT2D eigenvalue weighted by atomic mass is 16.6. The molecule has 0 spiro atoms. The zero-order chi connectivity index (χ0) is 15.7. The quantitative estimate of drug-likeness (QED) is 0.904. The summed E-state index contributed by atoms with van der Waals surface area (Å²) < 4.78 is 4.99. The Hall–Kier alpha value is -2.08. The average molecular weight is 304 g/mol. The first-order valence-electron chi connectivity index (χ1n) is 7.64. The van der Waals surface area contributed by atoms with Gasteiger partial charge in [-0.25, -0.2) is 4.79 Å². The molecule has 1 saturated heterocycles. The number of hydrogen-bond donors (Lipinski definition) is 1.